The molecule has 0 N–H and O–H groups in total. The first-order valence-electron chi connectivity index (χ1n) is 9.21. The third-order valence-corrected chi connectivity index (χ3v) is 6.11. The molecule has 0 bridgehead atoms. The number of aryl methyl sites for hydroxylation is 1. The van der Waals surface area contributed by atoms with E-state index in [1.165, 1.54) is 0 Å². The fourth-order valence-corrected chi connectivity index (χ4v) is 3.96. The minimum absolute atomic E-state index is 0.107. The van der Waals surface area contributed by atoms with Gasteiger partial charge in [-0.1, -0.05) is 31.5 Å². The van der Waals surface area contributed by atoms with Crippen LogP contribution in [0.3, 0.4) is 0 Å². The van der Waals surface area contributed by atoms with Crippen LogP contribution in [-0.2, 0) is 10.3 Å². The summed E-state index contributed by atoms with van der Waals surface area (Å²) in [7, 11) is 1.88. The Morgan fingerprint density at radius 2 is 2.08 bits per heavy atom. The van der Waals surface area contributed by atoms with Gasteiger partial charge in [-0.15, -0.1) is 5.10 Å². The van der Waals surface area contributed by atoms with Crippen LogP contribution in [0.15, 0.2) is 18.2 Å². The predicted molar refractivity (Wildman–Crippen MR) is 101 cm³/mol. The second kappa shape index (κ2) is 7.35. The lowest BCUT2D eigenvalue weighted by Gasteiger charge is -2.44. The highest BCUT2D eigenvalue weighted by molar-refractivity contribution is 6.31. The zero-order chi connectivity index (χ0) is 18.9. The Hall–Kier alpha value is -1.95. The molecule has 1 fully saturated rings. The van der Waals surface area contributed by atoms with Crippen LogP contribution in [0.1, 0.15) is 57.3 Å². The monoisotopic (exact) mass is 375 g/mol. The highest BCUT2D eigenvalue weighted by Gasteiger charge is 2.45. The fraction of sp³-hybridized carbons (Fsp3) is 0.579. The molecule has 1 aromatic carbocycles. The summed E-state index contributed by atoms with van der Waals surface area (Å²) in [5.74, 6) is 1.47. The predicted octanol–water partition coefficient (Wildman–Crippen LogP) is 3.90. The number of halogens is 1. The minimum atomic E-state index is -0.486. The molecule has 1 aromatic heterocycles. The van der Waals surface area contributed by atoms with Crippen LogP contribution in [0, 0.1) is 12.8 Å². The first kappa shape index (κ1) is 18.8. The summed E-state index contributed by atoms with van der Waals surface area (Å²) in [5.41, 5.74) is 1.33. The smallest absolute Gasteiger partial charge is 0.222 e. The standard InChI is InChI=1S/C19H26ClN5O/c1-5-17(26)24(4)19(10-8-13(2)9-11-19)18-21-22-23-25(18)15-7-6-14(3)16(20)12-15/h6-7,12-13H,5,8-11H2,1-4H3. The molecule has 0 radical (unpaired) electrons. The number of rotatable bonds is 4. The van der Waals surface area contributed by atoms with Crippen molar-refractivity contribution in [2.24, 2.45) is 5.92 Å². The number of tetrazole rings is 1. The number of nitrogens with zero attached hydrogens (tertiary/aromatic N) is 5. The van der Waals surface area contributed by atoms with Crippen molar-refractivity contribution < 1.29 is 4.79 Å². The second-order valence-corrected chi connectivity index (χ2v) is 7.78. The Morgan fingerprint density at radius 3 is 2.69 bits per heavy atom. The van der Waals surface area contributed by atoms with Gasteiger partial charge in [0.2, 0.25) is 5.91 Å². The molecule has 7 heteroatoms. The number of carbonyl (C=O) groups is 1. The molecular formula is C19H26ClN5O. The number of aromatic nitrogens is 4. The number of hydrogen-bond acceptors (Lipinski definition) is 4. The first-order chi connectivity index (χ1) is 12.4. The van der Waals surface area contributed by atoms with E-state index in [2.05, 4.69) is 22.4 Å². The van der Waals surface area contributed by atoms with E-state index in [9.17, 15) is 4.79 Å². The SMILES string of the molecule is CCC(=O)N(C)C1(c2nnnn2-c2ccc(C)c(Cl)c2)CCC(C)CC1. The van der Waals surface area contributed by atoms with Gasteiger partial charge < -0.3 is 4.90 Å². The highest BCUT2D eigenvalue weighted by atomic mass is 35.5. The fourth-order valence-electron chi connectivity index (χ4n) is 3.79. The van der Waals surface area contributed by atoms with Crippen molar-refractivity contribution in [1.82, 2.24) is 25.1 Å². The van der Waals surface area contributed by atoms with E-state index >= 15 is 0 Å². The summed E-state index contributed by atoms with van der Waals surface area (Å²) in [6.45, 7) is 6.11. The van der Waals surface area contributed by atoms with E-state index in [1.54, 1.807) is 4.68 Å². The van der Waals surface area contributed by atoms with Gasteiger partial charge in [0.05, 0.1) is 5.69 Å². The van der Waals surface area contributed by atoms with E-state index in [1.807, 2.05) is 44.0 Å². The maximum absolute atomic E-state index is 12.6. The van der Waals surface area contributed by atoms with Crippen molar-refractivity contribution in [1.29, 1.82) is 0 Å². The average molecular weight is 376 g/mol. The molecule has 2 aromatic rings. The summed E-state index contributed by atoms with van der Waals surface area (Å²) in [6.07, 6.45) is 4.27. The van der Waals surface area contributed by atoms with Crippen molar-refractivity contribution in [3.8, 4) is 5.69 Å². The van der Waals surface area contributed by atoms with Gasteiger partial charge in [0.15, 0.2) is 5.82 Å². The zero-order valence-corrected chi connectivity index (χ0v) is 16.6. The largest absolute Gasteiger partial charge is 0.333 e. The van der Waals surface area contributed by atoms with Crippen molar-refractivity contribution in [3.05, 3.63) is 34.6 Å². The summed E-state index contributed by atoms with van der Waals surface area (Å²) in [5, 5.41) is 13.2. The van der Waals surface area contributed by atoms with Gasteiger partial charge in [0.1, 0.15) is 5.54 Å². The lowest BCUT2D eigenvalue weighted by Crippen LogP contribution is -2.50. The normalized spacial score (nSPS) is 23.0. The van der Waals surface area contributed by atoms with Gasteiger partial charge in [-0.3, -0.25) is 4.79 Å². The molecular weight excluding hydrogens is 350 g/mol. The number of amides is 1. The molecule has 3 rings (SSSR count). The Bertz CT molecular complexity index is 795. The van der Waals surface area contributed by atoms with E-state index < -0.39 is 5.54 Å². The van der Waals surface area contributed by atoms with E-state index in [-0.39, 0.29) is 5.91 Å². The van der Waals surface area contributed by atoms with Gasteiger partial charge in [-0.2, -0.15) is 4.68 Å². The van der Waals surface area contributed by atoms with Gasteiger partial charge in [-0.05, 0) is 66.6 Å². The van der Waals surface area contributed by atoms with Crippen LogP contribution in [0.2, 0.25) is 5.02 Å². The molecule has 1 saturated carbocycles. The van der Waals surface area contributed by atoms with Gasteiger partial charge >= 0.3 is 0 Å². The second-order valence-electron chi connectivity index (χ2n) is 7.37. The molecule has 1 amide bonds. The third kappa shape index (κ3) is 3.22. The quantitative estimate of drug-likeness (QED) is 0.812. The molecule has 1 aliphatic carbocycles. The molecule has 6 nitrogen and oxygen atoms in total. The van der Waals surface area contributed by atoms with Crippen LogP contribution < -0.4 is 0 Å². The van der Waals surface area contributed by atoms with Crippen molar-refractivity contribution in [3.63, 3.8) is 0 Å². The first-order valence-corrected chi connectivity index (χ1v) is 9.59. The number of hydrogen-bond donors (Lipinski definition) is 0. The summed E-state index contributed by atoms with van der Waals surface area (Å²) in [6, 6.07) is 5.79. The maximum atomic E-state index is 12.6. The molecule has 0 spiro atoms. The van der Waals surface area contributed by atoms with Gasteiger partial charge in [0, 0.05) is 18.5 Å². The molecule has 0 unspecified atom stereocenters. The Balaban J connectivity index is 2.10. The highest BCUT2D eigenvalue weighted by Crippen LogP contribution is 2.43. The Kier molecular flexibility index (Phi) is 5.32. The third-order valence-electron chi connectivity index (χ3n) is 5.71. The van der Waals surface area contributed by atoms with E-state index in [4.69, 9.17) is 11.6 Å². The molecule has 0 aliphatic heterocycles. The molecule has 0 atom stereocenters. The Morgan fingerprint density at radius 1 is 1.38 bits per heavy atom. The number of benzene rings is 1. The van der Waals surface area contributed by atoms with Crippen molar-refractivity contribution in [2.45, 2.75) is 58.4 Å². The van der Waals surface area contributed by atoms with Gasteiger partial charge in [0.25, 0.3) is 0 Å². The lowest BCUT2D eigenvalue weighted by molar-refractivity contribution is -0.138. The van der Waals surface area contributed by atoms with Crippen LogP contribution >= 0.6 is 11.6 Å². The van der Waals surface area contributed by atoms with Crippen LogP contribution in [0.5, 0.6) is 0 Å². The summed E-state index contributed by atoms with van der Waals surface area (Å²) in [4.78, 5) is 14.4. The van der Waals surface area contributed by atoms with E-state index in [0.717, 1.165) is 36.9 Å². The molecule has 1 aliphatic rings. The van der Waals surface area contributed by atoms with Crippen LogP contribution in [0.4, 0.5) is 0 Å². The lowest BCUT2D eigenvalue weighted by atomic mass is 9.75. The molecule has 26 heavy (non-hydrogen) atoms. The maximum Gasteiger partial charge on any atom is 0.222 e. The van der Waals surface area contributed by atoms with Crippen LogP contribution in [-0.4, -0.2) is 38.1 Å². The summed E-state index contributed by atoms with van der Waals surface area (Å²) >= 11 is 6.31. The molecule has 140 valence electrons. The van der Waals surface area contributed by atoms with Crippen LogP contribution in [0.25, 0.3) is 5.69 Å². The number of carbonyl (C=O) groups excluding carboxylic acids is 1. The molecule has 1 heterocycles. The van der Waals surface area contributed by atoms with Crippen molar-refractivity contribution in [2.75, 3.05) is 7.05 Å². The molecule has 0 saturated heterocycles. The minimum Gasteiger partial charge on any atom is -0.333 e. The Labute approximate surface area is 159 Å². The summed E-state index contributed by atoms with van der Waals surface area (Å²) < 4.78 is 1.74. The van der Waals surface area contributed by atoms with Crippen molar-refractivity contribution >= 4 is 17.5 Å². The van der Waals surface area contributed by atoms with Gasteiger partial charge in [-0.25, -0.2) is 0 Å². The van der Waals surface area contributed by atoms with E-state index in [0.29, 0.717) is 23.2 Å². The topological polar surface area (TPSA) is 63.9 Å². The zero-order valence-electron chi connectivity index (χ0n) is 15.9. The average Bonchev–Trinajstić information content (AvgIpc) is 3.14.